The zero-order chi connectivity index (χ0) is 72.6. The van der Waals surface area contributed by atoms with Crippen molar-refractivity contribution in [2.75, 3.05) is 72.1 Å². The molecule has 5 saturated heterocycles. The highest BCUT2D eigenvalue weighted by atomic mass is 16.5. The highest BCUT2D eigenvalue weighted by Crippen LogP contribution is 2.40. The average Bonchev–Trinajstić information content (AvgIpc) is 1.67. The molecule has 5 fully saturated rings. The van der Waals surface area contributed by atoms with Crippen molar-refractivity contribution in [3.05, 3.63) is 240 Å². The van der Waals surface area contributed by atoms with E-state index in [1.807, 2.05) is 13.8 Å². The molecule has 10 bridgehead atoms. The van der Waals surface area contributed by atoms with Crippen LogP contribution < -0.4 is 0 Å². The number of benzene rings is 5. The number of nitrogens with zero attached hydrogens (tertiary/aromatic N) is 5. The Labute approximate surface area is 632 Å². The predicted molar refractivity (Wildman–Crippen MR) is 436 cm³/mol. The van der Waals surface area contributed by atoms with Gasteiger partial charge in [-0.3, -0.25) is 34.1 Å². The number of fused-ring (bicyclic) bond motifs is 15. The second-order valence-electron chi connectivity index (χ2n) is 32.0. The number of hydrogen-bond acceptors (Lipinski definition) is 9. The lowest BCUT2D eigenvalue weighted by Crippen LogP contribution is -2.53. The Kier molecular flexibility index (Phi) is 22.9. The number of H-pyrrole nitrogens is 5. The molecule has 0 amide bonds. The Morgan fingerprint density at radius 3 is 1.14 bits per heavy atom. The molecule has 5 aromatic carbocycles. The van der Waals surface area contributed by atoms with E-state index in [4.69, 9.17) is 9.47 Å². The average molecular weight is 1430 g/mol. The molecule has 14 heteroatoms. The first-order chi connectivity index (χ1) is 52.7. The van der Waals surface area contributed by atoms with E-state index in [0.29, 0.717) is 31.1 Å². The molecule has 12 unspecified atom stereocenters. The standard InChI is InChI=1S/2C20H24N2O2.C19H24N2.C18H22N2.C16H18N2/c2*1-2-24-20(23)17-11-14-7-8-19(17)22(13-14)10-9-15-12-21-18-6-4-3-5-16(15)18;1-2-15-11-14-7-8-19(15)21(13-14)10-9-16-12-20-18-6-4-3-5-17(16)18;1-2-6-18-17(5-1)15(12-19-18)4-3-11-20-13-14-7-9-16(20)10-8-14;1-2-4-16-15(3-1)13(9-17-16)11-18-10-12-5-7-14(18)8-6-12/h2*3-8,12,14,17,19,21H,2,9-11,13H2,1H3;3-6,11-12,14,19-20H,2,7-10,13H2,1H3;1-2,5-7,9,12,14,16,19H,3-4,8,10-11,13H2;1-5,7,9,12,14,17H,6,8,10-11H2. The first-order valence-corrected chi connectivity index (χ1v) is 40.9. The number of esters is 2. The number of nitrogens with one attached hydrogen (secondary N) is 5. The number of carbonyl (C=O) groups excluding carboxylic acids is 2. The van der Waals surface area contributed by atoms with Gasteiger partial charge in [-0.15, -0.1) is 0 Å². The molecule has 25 rings (SSSR count). The lowest BCUT2D eigenvalue weighted by Gasteiger charge is -2.45. The van der Waals surface area contributed by atoms with Crippen molar-refractivity contribution in [3.8, 4) is 0 Å². The SMILES string of the molecule is C1=CC2CCC1CN2CCCc1c[nH]c2ccccc12.C1=CC2CCC1CN2Cc1c[nH]c2ccccc12.CCC1=CC2CCC1N(CCc1c[nH]c3ccccc13)C2.CCOC(=O)C1CC2C=CC1N(CCc1c[nH]c3ccccc13)C2.CCOC(=O)C1CC2C=CC1N(CCc1c[nH]c3ccccc13)C2. The first-order valence-electron chi connectivity index (χ1n) is 40.9. The highest BCUT2D eigenvalue weighted by molar-refractivity contribution is 5.86. The van der Waals surface area contributed by atoms with Gasteiger partial charge in [0.2, 0.25) is 0 Å². The van der Waals surface area contributed by atoms with E-state index in [0.717, 1.165) is 94.7 Å². The van der Waals surface area contributed by atoms with Crippen LogP contribution in [0.15, 0.2) is 213 Å². The third-order valence-electron chi connectivity index (χ3n) is 25.5. The quantitative estimate of drug-likeness (QED) is 0.0372. The molecule has 0 saturated carbocycles. The number of rotatable bonds is 20. The van der Waals surface area contributed by atoms with E-state index in [1.165, 1.54) is 173 Å². The molecule has 5 N–H and O–H groups in total. The van der Waals surface area contributed by atoms with Crippen molar-refractivity contribution in [2.24, 2.45) is 41.4 Å². The lowest BCUT2D eigenvalue weighted by molar-refractivity contribution is -0.153. The summed E-state index contributed by atoms with van der Waals surface area (Å²) in [5.41, 5.74) is 14.9. The van der Waals surface area contributed by atoms with Crippen molar-refractivity contribution < 1.29 is 19.1 Å². The molecule has 5 aliphatic carbocycles. The van der Waals surface area contributed by atoms with Crippen molar-refractivity contribution in [1.29, 1.82) is 0 Å². The Morgan fingerprint density at radius 2 is 0.748 bits per heavy atom. The fraction of sp³-hybridized carbons (Fsp3) is 0.441. The van der Waals surface area contributed by atoms with Gasteiger partial charge < -0.3 is 34.4 Å². The number of ether oxygens (including phenoxy) is 2. The number of aromatic nitrogens is 5. The summed E-state index contributed by atoms with van der Waals surface area (Å²) in [5.74, 6) is 3.32. The maximum absolute atomic E-state index is 12.3. The fourth-order valence-electron chi connectivity index (χ4n) is 19.9. The fourth-order valence-corrected chi connectivity index (χ4v) is 19.9. The molecule has 558 valence electrons. The summed E-state index contributed by atoms with van der Waals surface area (Å²) in [6.07, 6.45) is 49.0. The normalized spacial score (nSPS) is 26.1. The zero-order valence-electron chi connectivity index (χ0n) is 63.3. The summed E-state index contributed by atoms with van der Waals surface area (Å²) in [5, 5.41) is 6.77. The van der Waals surface area contributed by atoms with Crippen LogP contribution in [0, 0.1) is 41.4 Å². The van der Waals surface area contributed by atoms with Crippen LogP contribution in [-0.2, 0) is 51.3 Å². The number of piperidine rings is 5. The molecule has 15 aliphatic rings. The molecule has 10 aliphatic heterocycles. The van der Waals surface area contributed by atoms with Crippen LogP contribution in [0.3, 0.4) is 0 Å². The van der Waals surface area contributed by atoms with Gasteiger partial charge in [0.05, 0.1) is 25.0 Å². The summed E-state index contributed by atoms with van der Waals surface area (Å²) in [7, 11) is 0. The maximum atomic E-state index is 12.3. The second-order valence-corrected chi connectivity index (χ2v) is 32.0. The van der Waals surface area contributed by atoms with Crippen LogP contribution >= 0.6 is 0 Å². The van der Waals surface area contributed by atoms with E-state index < -0.39 is 0 Å². The number of aromatic amines is 5. The minimum Gasteiger partial charge on any atom is -0.466 e. The smallest absolute Gasteiger partial charge is 0.310 e. The van der Waals surface area contributed by atoms with E-state index in [1.54, 1.807) is 5.57 Å². The van der Waals surface area contributed by atoms with Gasteiger partial charge in [-0.2, -0.15) is 0 Å². The Bertz CT molecular complexity index is 4680. The van der Waals surface area contributed by atoms with Crippen LogP contribution in [0.5, 0.6) is 0 Å². The number of hydrogen-bond donors (Lipinski definition) is 5. The second kappa shape index (κ2) is 33.8. The van der Waals surface area contributed by atoms with Crippen molar-refractivity contribution in [1.82, 2.24) is 49.4 Å². The highest BCUT2D eigenvalue weighted by Gasteiger charge is 2.44. The Morgan fingerprint density at radius 1 is 0.374 bits per heavy atom. The molecule has 0 spiro atoms. The molecule has 15 heterocycles. The predicted octanol–water partition coefficient (Wildman–Crippen LogP) is 17.5. The van der Waals surface area contributed by atoms with Crippen LogP contribution in [0.2, 0.25) is 0 Å². The summed E-state index contributed by atoms with van der Waals surface area (Å²) < 4.78 is 10.6. The zero-order valence-corrected chi connectivity index (χ0v) is 63.3. The maximum Gasteiger partial charge on any atom is 0.310 e. The minimum absolute atomic E-state index is 0.00308. The number of aryl methyl sites for hydroxylation is 1. The Balaban J connectivity index is 0.000000103. The Hall–Kier alpha value is -8.76. The van der Waals surface area contributed by atoms with Crippen LogP contribution in [0.25, 0.3) is 54.5 Å². The third-order valence-corrected chi connectivity index (χ3v) is 25.5. The molecule has 0 radical (unpaired) electrons. The lowest BCUT2D eigenvalue weighted by atomic mass is 9.77. The van der Waals surface area contributed by atoms with Crippen LogP contribution in [0.1, 0.15) is 113 Å². The topological polar surface area (TPSA) is 148 Å². The van der Waals surface area contributed by atoms with Gasteiger partial charge in [0.1, 0.15) is 0 Å². The monoisotopic (exact) mass is 1430 g/mol. The number of carbonyl (C=O) groups is 2. The number of para-hydroxylation sites is 5. The van der Waals surface area contributed by atoms with Crippen LogP contribution in [0.4, 0.5) is 0 Å². The molecule has 10 aromatic rings. The van der Waals surface area contributed by atoms with E-state index >= 15 is 0 Å². The summed E-state index contributed by atoms with van der Waals surface area (Å²) >= 11 is 0. The van der Waals surface area contributed by atoms with Gasteiger partial charge in [-0.25, -0.2) is 0 Å². The van der Waals surface area contributed by atoms with Gasteiger partial charge in [0.25, 0.3) is 0 Å². The molecule has 5 aromatic heterocycles. The minimum atomic E-state index is -0.0337. The molecule has 12 atom stereocenters. The first kappa shape index (κ1) is 72.4. The molecular formula is C93H112N10O4. The summed E-state index contributed by atoms with van der Waals surface area (Å²) in [4.78, 5) is 54.3. The van der Waals surface area contributed by atoms with Crippen molar-refractivity contribution >= 4 is 66.5 Å². The van der Waals surface area contributed by atoms with E-state index in [9.17, 15) is 9.59 Å². The van der Waals surface area contributed by atoms with Gasteiger partial charge >= 0.3 is 11.9 Å². The third kappa shape index (κ3) is 16.5. The largest absolute Gasteiger partial charge is 0.466 e. The van der Waals surface area contributed by atoms with Gasteiger partial charge in [0.15, 0.2) is 0 Å². The van der Waals surface area contributed by atoms with E-state index in [2.05, 4.69) is 263 Å². The summed E-state index contributed by atoms with van der Waals surface area (Å²) in [6.45, 7) is 18.4. The molecule has 107 heavy (non-hydrogen) atoms. The van der Waals surface area contributed by atoms with Gasteiger partial charge in [-0.1, -0.05) is 158 Å². The van der Waals surface area contributed by atoms with Crippen LogP contribution in [-0.4, -0.2) is 164 Å². The summed E-state index contributed by atoms with van der Waals surface area (Å²) in [6, 6.07) is 45.2. The van der Waals surface area contributed by atoms with Gasteiger partial charge in [-0.05, 0) is 198 Å². The van der Waals surface area contributed by atoms with Crippen molar-refractivity contribution in [2.45, 2.75) is 147 Å². The van der Waals surface area contributed by atoms with Gasteiger partial charge in [0, 0.05) is 175 Å². The van der Waals surface area contributed by atoms with E-state index in [-0.39, 0.29) is 35.9 Å². The van der Waals surface area contributed by atoms with Crippen molar-refractivity contribution in [3.63, 3.8) is 0 Å². The molecular weight excluding hydrogens is 1320 g/mol. The molecule has 14 nitrogen and oxygen atoms in total.